The number of hydrogen-bond donors (Lipinski definition) is 2. The summed E-state index contributed by atoms with van der Waals surface area (Å²) in [4.78, 5) is 22.0. The first-order valence-electron chi connectivity index (χ1n) is 5.27. The lowest BCUT2D eigenvalue weighted by Gasteiger charge is -2.05. The smallest absolute Gasteiger partial charge is 0.345 e. The van der Waals surface area contributed by atoms with Crippen LogP contribution >= 0.6 is 11.3 Å². The summed E-state index contributed by atoms with van der Waals surface area (Å²) in [6, 6.07) is 1.07. The van der Waals surface area contributed by atoms with Gasteiger partial charge in [0.15, 0.2) is 0 Å². The second-order valence-electron chi connectivity index (χ2n) is 3.47. The number of carbonyl (C=O) groups is 2. The van der Waals surface area contributed by atoms with E-state index in [4.69, 9.17) is 5.11 Å². The van der Waals surface area contributed by atoms with Crippen LogP contribution in [-0.4, -0.2) is 38.6 Å². The van der Waals surface area contributed by atoms with E-state index in [0.29, 0.717) is 4.88 Å². The molecule has 1 aromatic rings. The SMILES string of the molecule is CCOC(=O)CNS(=O)(=O)c1cc(C(=O)O)sc1C. The molecule has 7 nitrogen and oxygen atoms in total. The van der Waals surface area contributed by atoms with E-state index >= 15 is 0 Å². The first-order valence-corrected chi connectivity index (χ1v) is 7.57. The normalized spacial score (nSPS) is 11.3. The van der Waals surface area contributed by atoms with Gasteiger partial charge in [0.2, 0.25) is 10.0 Å². The van der Waals surface area contributed by atoms with Crippen molar-refractivity contribution in [2.24, 2.45) is 0 Å². The first-order chi connectivity index (χ1) is 8.77. The van der Waals surface area contributed by atoms with Gasteiger partial charge in [-0.2, -0.15) is 4.72 Å². The molecule has 0 aliphatic rings. The molecule has 0 unspecified atom stereocenters. The van der Waals surface area contributed by atoms with Gasteiger partial charge in [-0.15, -0.1) is 11.3 Å². The van der Waals surface area contributed by atoms with E-state index in [1.807, 2.05) is 0 Å². The fraction of sp³-hybridized carbons (Fsp3) is 0.400. The summed E-state index contributed by atoms with van der Waals surface area (Å²) in [5, 5.41) is 8.80. The van der Waals surface area contributed by atoms with Crippen LogP contribution in [-0.2, 0) is 19.6 Å². The summed E-state index contributed by atoms with van der Waals surface area (Å²) in [5.41, 5.74) is 0. The topological polar surface area (TPSA) is 110 Å². The molecule has 19 heavy (non-hydrogen) atoms. The number of nitrogens with one attached hydrogen (secondary N) is 1. The molecule has 0 aliphatic heterocycles. The zero-order valence-electron chi connectivity index (χ0n) is 10.3. The van der Waals surface area contributed by atoms with Gasteiger partial charge in [-0.05, 0) is 19.9 Å². The van der Waals surface area contributed by atoms with Gasteiger partial charge in [-0.3, -0.25) is 4.79 Å². The Bertz CT molecular complexity index is 589. The second-order valence-corrected chi connectivity index (χ2v) is 6.46. The largest absolute Gasteiger partial charge is 0.477 e. The molecule has 0 aliphatic carbocycles. The molecule has 0 saturated heterocycles. The molecule has 1 heterocycles. The zero-order valence-corrected chi connectivity index (χ0v) is 11.9. The lowest BCUT2D eigenvalue weighted by molar-refractivity contribution is -0.141. The Labute approximate surface area is 114 Å². The van der Waals surface area contributed by atoms with E-state index in [1.54, 1.807) is 6.92 Å². The monoisotopic (exact) mass is 307 g/mol. The highest BCUT2D eigenvalue weighted by Crippen LogP contribution is 2.25. The maximum absolute atomic E-state index is 11.9. The summed E-state index contributed by atoms with van der Waals surface area (Å²) in [6.07, 6.45) is 0. The fourth-order valence-corrected chi connectivity index (χ4v) is 3.68. The third kappa shape index (κ3) is 4.01. The Hall–Kier alpha value is -1.45. The third-order valence-electron chi connectivity index (χ3n) is 2.08. The van der Waals surface area contributed by atoms with Crippen molar-refractivity contribution in [3.63, 3.8) is 0 Å². The Kier molecular flexibility index (Phi) is 5.04. The number of esters is 1. The number of carboxylic acids is 1. The van der Waals surface area contributed by atoms with Gasteiger partial charge < -0.3 is 9.84 Å². The minimum absolute atomic E-state index is 0.0750. The van der Waals surface area contributed by atoms with Gasteiger partial charge >= 0.3 is 11.9 Å². The number of aryl methyl sites for hydroxylation is 1. The summed E-state index contributed by atoms with van der Waals surface area (Å²) in [7, 11) is -3.92. The highest BCUT2D eigenvalue weighted by atomic mass is 32.2. The Morgan fingerprint density at radius 1 is 1.47 bits per heavy atom. The van der Waals surface area contributed by atoms with Crippen LogP contribution in [0.25, 0.3) is 0 Å². The van der Waals surface area contributed by atoms with Crippen molar-refractivity contribution >= 4 is 33.3 Å². The van der Waals surface area contributed by atoms with Crippen LogP contribution in [0.15, 0.2) is 11.0 Å². The lowest BCUT2D eigenvalue weighted by atomic mass is 10.4. The molecular weight excluding hydrogens is 294 g/mol. The molecular formula is C10H13NO6S2. The second kappa shape index (κ2) is 6.13. The van der Waals surface area contributed by atoms with Crippen LogP contribution in [0, 0.1) is 6.92 Å². The van der Waals surface area contributed by atoms with Crippen molar-refractivity contribution in [3.8, 4) is 0 Å². The molecule has 0 spiro atoms. The zero-order chi connectivity index (χ0) is 14.6. The van der Waals surface area contributed by atoms with E-state index in [-0.39, 0.29) is 16.4 Å². The van der Waals surface area contributed by atoms with Gasteiger partial charge in [0.05, 0.1) is 11.5 Å². The van der Waals surface area contributed by atoms with Crippen molar-refractivity contribution in [3.05, 3.63) is 15.8 Å². The molecule has 0 fully saturated rings. The maximum atomic E-state index is 11.9. The van der Waals surface area contributed by atoms with E-state index < -0.39 is 28.5 Å². The Morgan fingerprint density at radius 2 is 2.11 bits per heavy atom. The molecule has 9 heteroatoms. The van der Waals surface area contributed by atoms with Crippen LogP contribution in [0.1, 0.15) is 21.5 Å². The molecule has 0 aromatic carbocycles. The predicted octanol–water partition coefficient (Wildman–Crippen LogP) is 0.596. The van der Waals surface area contributed by atoms with Crippen LogP contribution in [0.5, 0.6) is 0 Å². The van der Waals surface area contributed by atoms with E-state index in [9.17, 15) is 18.0 Å². The summed E-state index contributed by atoms with van der Waals surface area (Å²) >= 11 is 0.859. The van der Waals surface area contributed by atoms with Gasteiger partial charge in [0, 0.05) is 4.88 Å². The van der Waals surface area contributed by atoms with Crippen molar-refractivity contribution in [1.82, 2.24) is 4.72 Å². The van der Waals surface area contributed by atoms with Crippen LogP contribution in [0.2, 0.25) is 0 Å². The highest BCUT2D eigenvalue weighted by Gasteiger charge is 2.22. The van der Waals surface area contributed by atoms with Gasteiger partial charge in [0.1, 0.15) is 11.4 Å². The molecule has 0 saturated carbocycles. The molecule has 1 aromatic heterocycles. The van der Waals surface area contributed by atoms with Crippen LogP contribution in [0.4, 0.5) is 0 Å². The minimum atomic E-state index is -3.92. The number of sulfonamides is 1. The maximum Gasteiger partial charge on any atom is 0.345 e. The average Bonchev–Trinajstić information content (AvgIpc) is 2.70. The minimum Gasteiger partial charge on any atom is -0.477 e. The van der Waals surface area contributed by atoms with Gasteiger partial charge in [-0.1, -0.05) is 0 Å². The van der Waals surface area contributed by atoms with Crippen LogP contribution < -0.4 is 4.72 Å². The highest BCUT2D eigenvalue weighted by molar-refractivity contribution is 7.89. The van der Waals surface area contributed by atoms with Gasteiger partial charge in [0.25, 0.3) is 0 Å². The molecule has 0 bridgehead atoms. The number of aromatic carboxylic acids is 1. The number of ether oxygens (including phenoxy) is 1. The summed E-state index contributed by atoms with van der Waals surface area (Å²) in [6.45, 7) is 2.76. The summed E-state index contributed by atoms with van der Waals surface area (Å²) < 4.78 is 30.4. The standard InChI is InChI=1S/C10H13NO6S2/c1-3-17-9(12)5-11-19(15,16)8-4-7(10(13)14)18-6(8)2/h4,11H,3,5H2,1-2H3,(H,13,14). The molecule has 0 amide bonds. The lowest BCUT2D eigenvalue weighted by Crippen LogP contribution is -2.30. The number of carboxylic acid groups (broad SMARTS) is 1. The number of carbonyl (C=O) groups excluding carboxylic acids is 1. The first kappa shape index (κ1) is 15.6. The van der Waals surface area contributed by atoms with E-state index in [2.05, 4.69) is 9.46 Å². The quantitative estimate of drug-likeness (QED) is 0.745. The predicted molar refractivity (Wildman–Crippen MR) is 67.8 cm³/mol. The Balaban J connectivity index is 2.89. The third-order valence-corrected chi connectivity index (χ3v) is 4.78. The summed E-state index contributed by atoms with van der Waals surface area (Å²) in [5.74, 6) is -1.89. The van der Waals surface area contributed by atoms with Crippen molar-refractivity contribution in [2.75, 3.05) is 13.2 Å². The average molecular weight is 307 g/mol. The fourth-order valence-electron chi connectivity index (χ4n) is 1.28. The van der Waals surface area contributed by atoms with Crippen molar-refractivity contribution < 1.29 is 27.9 Å². The number of hydrogen-bond acceptors (Lipinski definition) is 6. The molecule has 0 radical (unpaired) electrons. The number of thiophene rings is 1. The Morgan fingerprint density at radius 3 is 2.58 bits per heavy atom. The van der Waals surface area contributed by atoms with E-state index in [0.717, 1.165) is 17.4 Å². The number of rotatable bonds is 6. The van der Waals surface area contributed by atoms with Crippen molar-refractivity contribution in [1.29, 1.82) is 0 Å². The van der Waals surface area contributed by atoms with Crippen molar-refractivity contribution in [2.45, 2.75) is 18.7 Å². The van der Waals surface area contributed by atoms with Crippen LogP contribution in [0.3, 0.4) is 0 Å². The van der Waals surface area contributed by atoms with E-state index in [1.165, 1.54) is 6.92 Å². The molecule has 2 N–H and O–H groups in total. The molecule has 1 rings (SSSR count). The molecule has 0 atom stereocenters. The molecule has 106 valence electrons. The van der Waals surface area contributed by atoms with Gasteiger partial charge in [-0.25, -0.2) is 13.2 Å².